The van der Waals surface area contributed by atoms with Crippen LogP contribution in [0.3, 0.4) is 0 Å². The van der Waals surface area contributed by atoms with Crippen molar-refractivity contribution in [2.45, 2.75) is 29.7 Å². The van der Waals surface area contributed by atoms with Crippen LogP contribution in [-0.2, 0) is 25.0 Å². The van der Waals surface area contributed by atoms with E-state index < -0.39 is 25.1 Å². The van der Waals surface area contributed by atoms with Gasteiger partial charge >= 0.3 is 10.2 Å². The first-order chi connectivity index (χ1) is 9.60. The van der Waals surface area contributed by atoms with Gasteiger partial charge in [0.15, 0.2) is 0 Å². The lowest BCUT2D eigenvalue weighted by molar-refractivity contribution is 0.171. The van der Waals surface area contributed by atoms with E-state index in [-0.39, 0.29) is 24.1 Å². The van der Waals surface area contributed by atoms with Gasteiger partial charge in [-0.25, -0.2) is 8.42 Å². The second-order valence-corrected chi connectivity index (χ2v) is 7.85. The molecule has 0 aliphatic heterocycles. The van der Waals surface area contributed by atoms with Crippen molar-refractivity contribution in [3.05, 3.63) is 24.3 Å². The third kappa shape index (κ3) is 4.47. The average Bonchev–Trinajstić information content (AvgIpc) is 2.37. The van der Waals surface area contributed by atoms with Gasteiger partial charge in [-0.15, -0.1) is 3.89 Å². The number of hydrogen-bond donors (Lipinski definition) is 0. The summed E-state index contributed by atoms with van der Waals surface area (Å²) in [5, 5.41) is 0. The molecule has 9 heteroatoms. The minimum absolute atomic E-state index is 0.114. The maximum atomic E-state index is 13.0. The van der Waals surface area contributed by atoms with Gasteiger partial charge in [0.05, 0.1) is 16.4 Å². The highest BCUT2D eigenvalue weighted by atomic mass is 32.3. The quantitative estimate of drug-likeness (QED) is 0.701. The van der Waals surface area contributed by atoms with Crippen LogP contribution >= 0.6 is 0 Å². The summed E-state index contributed by atoms with van der Waals surface area (Å²) >= 11 is 0. The number of hydrogen-bond acceptors (Lipinski definition) is 5. The predicted molar refractivity (Wildman–Crippen MR) is 75.6 cm³/mol. The highest BCUT2D eigenvalue weighted by molar-refractivity contribution is 7.89. The number of nitrogens with zero attached hydrogens (tertiary/aromatic N) is 1. The third-order valence-corrected chi connectivity index (χ3v) is 5.67. The molecule has 0 N–H and O–H groups in total. The van der Waals surface area contributed by atoms with Crippen molar-refractivity contribution in [1.29, 1.82) is 0 Å². The van der Waals surface area contributed by atoms with Crippen molar-refractivity contribution in [2.24, 2.45) is 0 Å². The van der Waals surface area contributed by atoms with Gasteiger partial charge in [-0.1, -0.05) is 6.07 Å². The summed E-state index contributed by atoms with van der Waals surface area (Å²) in [6.45, 7) is 3.67. The Balaban J connectivity index is 3.29. The van der Waals surface area contributed by atoms with Crippen molar-refractivity contribution in [1.82, 2.24) is 4.31 Å². The fraction of sp³-hybridized carbons (Fsp3) is 0.500. The second-order valence-electron chi connectivity index (χ2n) is 4.62. The third-order valence-electron chi connectivity index (χ3n) is 2.79. The van der Waals surface area contributed by atoms with Crippen molar-refractivity contribution in [3.8, 4) is 0 Å². The summed E-state index contributed by atoms with van der Waals surface area (Å²) in [7, 11) is -7.44. The number of rotatable bonds is 7. The molecule has 1 rings (SSSR count). The van der Waals surface area contributed by atoms with Crippen LogP contribution in [0.5, 0.6) is 0 Å². The van der Waals surface area contributed by atoms with Crippen LogP contribution in [0.1, 0.15) is 13.8 Å². The van der Waals surface area contributed by atoms with E-state index >= 15 is 0 Å². The van der Waals surface area contributed by atoms with Crippen LogP contribution in [0, 0.1) is 0 Å². The summed E-state index contributed by atoms with van der Waals surface area (Å²) in [4.78, 5) is -0.954. The predicted octanol–water partition coefficient (Wildman–Crippen LogP) is 1.39. The Morgan fingerprint density at radius 2 is 1.76 bits per heavy atom. The summed E-state index contributed by atoms with van der Waals surface area (Å²) < 4.78 is 65.8. The molecule has 1 aromatic rings. The Morgan fingerprint density at radius 1 is 1.19 bits per heavy atom. The topological polar surface area (TPSA) is 80.8 Å². The zero-order chi connectivity index (χ0) is 16.3. The van der Waals surface area contributed by atoms with Gasteiger partial charge in [0, 0.05) is 19.7 Å². The molecule has 0 heterocycles. The second kappa shape index (κ2) is 6.82. The molecule has 120 valence electrons. The van der Waals surface area contributed by atoms with Gasteiger partial charge in [0.2, 0.25) is 10.0 Å². The summed E-state index contributed by atoms with van der Waals surface area (Å²) in [6.07, 6.45) is 0. The summed E-state index contributed by atoms with van der Waals surface area (Å²) in [6, 6.07) is 3.88. The van der Waals surface area contributed by atoms with Crippen LogP contribution in [0.2, 0.25) is 0 Å². The highest BCUT2D eigenvalue weighted by Crippen LogP contribution is 2.22. The molecule has 0 unspecified atom stereocenters. The van der Waals surface area contributed by atoms with Crippen LogP contribution in [0.25, 0.3) is 0 Å². The Hall–Kier alpha value is -1.03. The van der Waals surface area contributed by atoms with Gasteiger partial charge < -0.3 is 4.74 Å². The maximum absolute atomic E-state index is 13.0. The van der Waals surface area contributed by atoms with Crippen LogP contribution in [-0.4, -0.2) is 47.4 Å². The first-order valence-electron chi connectivity index (χ1n) is 6.16. The SMILES string of the molecule is COCCN(C(C)C)S(=O)(=O)c1cccc(S(=O)(=O)F)c1. The van der Waals surface area contributed by atoms with E-state index in [0.717, 1.165) is 12.1 Å². The monoisotopic (exact) mass is 339 g/mol. The standard InChI is InChI=1S/C12H18FNO5S2/c1-10(2)14(7-8-19-3)21(17,18)12-6-4-5-11(9-12)20(13,15)16/h4-6,9-10H,7-8H2,1-3H3. The number of sulfonamides is 1. The Bertz CT molecular complexity index is 685. The molecule has 0 aromatic heterocycles. The Kier molecular flexibility index (Phi) is 5.85. The van der Waals surface area contributed by atoms with E-state index in [1.165, 1.54) is 23.5 Å². The number of ether oxygens (including phenoxy) is 1. The van der Waals surface area contributed by atoms with Gasteiger partial charge in [-0.05, 0) is 32.0 Å². The fourth-order valence-electron chi connectivity index (χ4n) is 1.76. The summed E-state index contributed by atoms with van der Waals surface area (Å²) in [5.74, 6) is 0. The molecule has 0 bridgehead atoms. The van der Waals surface area contributed by atoms with E-state index in [0.29, 0.717) is 0 Å². The first kappa shape index (κ1) is 18.0. The molecule has 0 spiro atoms. The van der Waals surface area contributed by atoms with Crippen molar-refractivity contribution >= 4 is 20.2 Å². The number of halogens is 1. The lowest BCUT2D eigenvalue weighted by Crippen LogP contribution is -2.39. The maximum Gasteiger partial charge on any atom is 0.332 e. The minimum atomic E-state index is -4.96. The van der Waals surface area contributed by atoms with Crippen molar-refractivity contribution in [2.75, 3.05) is 20.3 Å². The molecule has 0 aliphatic carbocycles. The van der Waals surface area contributed by atoms with Crippen molar-refractivity contribution in [3.63, 3.8) is 0 Å². The van der Waals surface area contributed by atoms with E-state index in [2.05, 4.69) is 0 Å². The molecule has 1 aromatic carbocycles. The van der Waals surface area contributed by atoms with E-state index in [1.807, 2.05) is 0 Å². The van der Waals surface area contributed by atoms with Crippen LogP contribution in [0.4, 0.5) is 3.89 Å². The minimum Gasteiger partial charge on any atom is -0.383 e. The summed E-state index contributed by atoms with van der Waals surface area (Å²) in [5.41, 5.74) is 0. The number of methoxy groups -OCH3 is 1. The molecule has 0 atom stereocenters. The first-order valence-corrected chi connectivity index (χ1v) is 8.98. The average molecular weight is 339 g/mol. The Morgan fingerprint density at radius 3 is 2.24 bits per heavy atom. The van der Waals surface area contributed by atoms with Gasteiger partial charge in [-0.3, -0.25) is 0 Å². The normalized spacial score (nSPS) is 13.0. The molecule has 6 nitrogen and oxygen atoms in total. The lowest BCUT2D eigenvalue weighted by Gasteiger charge is -2.25. The van der Waals surface area contributed by atoms with Gasteiger partial charge in [0.25, 0.3) is 0 Å². The molecule has 0 radical (unpaired) electrons. The Labute approximate surface area is 124 Å². The number of benzene rings is 1. The smallest absolute Gasteiger partial charge is 0.332 e. The van der Waals surface area contributed by atoms with Crippen LogP contribution in [0.15, 0.2) is 34.1 Å². The molecular weight excluding hydrogens is 321 g/mol. The fourth-order valence-corrected chi connectivity index (χ4v) is 4.01. The molecule has 0 amide bonds. The lowest BCUT2D eigenvalue weighted by atomic mass is 10.4. The van der Waals surface area contributed by atoms with E-state index in [4.69, 9.17) is 4.74 Å². The molecule has 21 heavy (non-hydrogen) atoms. The molecule has 0 aliphatic rings. The molecular formula is C12H18FNO5S2. The largest absolute Gasteiger partial charge is 0.383 e. The zero-order valence-corrected chi connectivity index (χ0v) is 13.6. The van der Waals surface area contributed by atoms with Gasteiger partial charge in [0.1, 0.15) is 0 Å². The van der Waals surface area contributed by atoms with Crippen LogP contribution < -0.4 is 0 Å². The molecule has 0 fully saturated rings. The molecule has 0 saturated carbocycles. The van der Waals surface area contributed by atoms with Crippen molar-refractivity contribution < 1.29 is 25.5 Å². The highest BCUT2D eigenvalue weighted by Gasteiger charge is 2.28. The molecule has 0 saturated heterocycles. The van der Waals surface area contributed by atoms with E-state index in [9.17, 15) is 20.7 Å². The van der Waals surface area contributed by atoms with Gasteiger partial charge in [-0.2, -0.15) is 12.7 Å². The zero-order valence-electron chi connectivity index (χ0n) is 12.0. The van der Waals surface area contributed by atoms with E-state index in [1.54, 1.807) is 13.8 Å².